The van der Waals surface area contributed by atoms with Crippen LogP contribution in [0.15, 0.2) is 16.5 Å². The Morgan fingerprint density at radius 2 is 2.62 bits per heavy atom. The summed E-state index contributed by atoms with van der Waals surface area (Å²) in [6, 6.07) is 0. The van der Waals surface area contributed by atoms with Gasteiger partial charge in [0.2, 0.25) is 0 Å². The van der Waals surface area contributed by atoms with Crippen LogP contribution in [0.1, 0.15) is 6.42 Å². The lowest BCUT2D eigenvalue weighted by atomic mass is 9.95. The summed E-state index contributed by atoms with van der Waals surface area (Å²) < 4.78 is 0.483. The minimum Gasteiger partial charge on any atom is -0.280 e. The maximum atomic E-state index is 4.20. The lowest BCUT2D eigenvalue weighted by Gasteiger charge is -2.05. The van der Waals surface area contributed by atoms with Crippen molar-refractivity contribution >= 4 is 36.7 Å². The van der Waals surface area contributed by atoms with Gasteiger partial charge in [0, 0.05) is 6.21 Å². The number of hydrogen-bond donors (Lipinski definition) is 0. The van der Waals surface area contributed by atoms with Crippen LogP contribution < -0.4 is 0 Å². The van der Waals surface area contributed by atoms with Gasteiger partial charge in [-0.05, 0) is 6.42 Å². The third-order valence-corrected chi connectivity index (χ3v) is 1.90. The fraction of sp³-hybridized carbons (Fsp3) is 0.400. The Kier molecular flexibility index (Phi) is 2.11. The number of aliphatic imine (C=N–C) groups is 1. The van der Waals surface area contributed by atoms with Gasteiger partial charge in [-0.3, -0.25) is 4.99 Å². The molecule has 0 fully saturated rings. The van der Waals surface area contributed by atoms with Crippen molar-refractivity contribution in [3.05, 3.63) is 11.5 Å². The summed E-state index contributed by atoms with van der Waals surface area (Å²) in [6.45, 7) is 0. The Bertz CT molecular complexity index is 141. The number of hydrogen-bond acceptors (Lipinski definition) is 1. The third kappa shape index (κ3) is 1.61. The van der Waals surface area contributed by atoms with Gasteiger partial charge in [0.1, 0.15) is 11.9 Å². The third-order valence-electron chi connectivity index (χ3n) is 1.07. The maximum Gasteiger partial charge on any atom is 0.140 e. The standard InChI is InChI=1S/C5H7BIN/c6-4-1-2-5(7)8-3-4/h1,3,5H,2,6H2. The van der Waals surface area contributed by atoms with Gasteiger partial charge in [0.05, 0.1) is 0 Å². The van der Waals surface area contributed by atoms with E-state index in [9.17, 15) is 0 Å². The van der Waals surface area contributed by atoms with Gasteiger partial charge in [0.25, 0.3) is 0 Å². The van der Waals surface area contributed by atoms with E-state index < -0.39 is 0 Å². The van der Waals surface area contributed by atoms with Crippen LogP contribution in [0.3, 0.4) is 0 Å². The van der Waals surface area contributed by atoms with Crippen molar-refractivity contribution in [2.45, 2.75) is 10.5 Å². The quantitative estimate of drug-likeness (QED) is 0.246. The minimum absolute atomic E-state index is 0.483. The average Bonchev–Trinajstić information content (AvgIpc) is 1.77. The van der Waals surface area contributed by atoms with E-state index >= 15 is 0 Å². The minimum atomic E-state index is 0.483. The molecule has 0 bridgehead atoms. The summed E-state index contributed by atoms with van der Waals surface area (Å²) >= 11 is 2.32. The SMILES string of the molecule is BC1=CCC(I)N=C1. The molecule has 0 saturated carbocycles. The first-order valence-electron chi connectivity index (χ1n) is 2.63. The lowest BCUT2D eigenvalue weighted by Crippen LogP contribution is -1.99. The highest BCUT2D eigenvalue weighted by Crippen LogP contribution is 2.12. The highest BCUT2D eigenvalue weighted by atomic mass is 127. The van der Waals surface area contributed by atoms with Crippen LogP contribution in [0, 0.1) is 0 Å². The van der Waals surface area contributed by atoms with Gasteiger partial charge >= 0.3 is 0 Å². The molecule has 0 aromatic carbocycles. The first-order valence-corrected chi connectivity index (χ1v) is 3.87. The number of rotatable bonds is 0. The van der Waals surface area contributed by atoms with Crippen LogP contribution in [-0.4, -0.2) is 18.1 Å². The second-order valence-corrected chi connectivity index (χ2v) is 3.33. The van der Waals surface area contributed by atoms with E-state index in [0.717, 1.165) is 6.42 Å². The Hall–Kier alpha value is 0.205. The molecule has 3 heteroatoms. The summed E-state index contributed by atoms with van der Waals surface area (Å²) in [5.41, 5.74) is 1.29. The summed E-state index contributed by atoms with van der Waals surface area (Å²) in [4.78, 5) is 4.20. The molecule has 0 radical (unpaired) electrons. The molecule has 0 aromatic rings. The molecule has 0 aliphatic carbocycles. The molecular weight excluding hydrogens is 212 g/mol. The van der Waals surface area contributed by atoms with Crippen LogP contribution in [-0.2, 0) is 0 Å². The van der Waals surface area contributed by atoms with Gasteiger partial charge in [-0.15, -0.1) is 0 Å². The molecular formula is C5H7BIN. The summed E-state index contributed by atoms with van der Waals surface area (Å²) in [5, 5.41) is 0. The van der Waals surface area contributed by atoms with Crippen LogP contribution in [0.2, 0.25) is 0 Å². The molecule has 1 rings (SSSR count). The van der Waals surface area contributed by atoms with Gasteiger partial charge in [-0.1, -0.05) is 34.1 Å². The zero-order valence-electron chi connectivity index (χ0n) is 4.76. The highest BCUT2D eigenvalue weighted by Gasteiger charge is 2.00. The van der Waals surface area contributed by atoms with Crippen LogP contribution >= 0.6 is 22.6 Å². The monoisotopic (exact) mass is 219 g/mol. The van der Waals surface area contributed by atoms with Gasteiger partial charge < -0.3 is 0 Å². The summed E-state index contributed by atoms with van der Waals surface area (Å²) in [6.07, 6.45) is 5.24. The largest absolute Gasteiger partial charge is 0.280 e. The topological polar surface area (TPSA) is 12.4 Å². The van der Waals surface area contributed by atoms with E-state index in [1.54, 1.807) is 0 Å². The van der Waals surface area contributed by atoms with E-state index in [-0.39, 0.29) is 0 Å². The molecule has 1 heterocycles. The normalized spacial score (nSPS) is 27.6. The molecule has 1 atom stereocenters. The van der Waals surface area contributed by atoms with Crippen molar-refractivity contribution in [3.63, 3.8) is 0 Å². The number of nitrogens with zero attached hydrogens (tertiary/aromatic N) is 1. The van der Waals surface area contributed by atoms with Crippen molar-refractivity contribution < 1.29 is 0 Å². The van der Waals surface area contributed by atoms with E-state index in [4.69, 9.17) is 0 Å². The van der Waals surface area contributed by atoms with E-state index in [1.165, 1.54) is 5.47 Å². The fourth-order valence-electron chi connectivity index (χ4n) is 0.595. The predicted molar refractivity (Wildman–Crippen MR) is 47.5 cm³/mol. The van der Waals surface area contributed by atoms with E-state index in [0.29, 0.717) is 4.05 Å². The molecule has 1 aliphatic heterocycles. The first-order chi connectivity index (χ1) is 3.79. The Labute approximate surface area is 63.8 Å². The smallest absolute Gasteiger partial charge is 0.140 e. The molecule has 1 unspecified atom stereocenters. The number of allylic oxidation sites excluding steroid dienone is 1. The zero-order chi connectivity index (χ0) is 5.98. The Balaban J connectivity index is 2.58. The molecule has 0 amide bonds. The van der Waals surface area contributed by atoms with Crippen molar-refractivity contribution in [3.8, 4) is 0 Å². The van der Waals surface area contributed by atoms with Crippen LogP contribution in [0.4, 0.5) is 0 Å². The zero-order valence-corrected chi connectivity index (χ0v) is 6.92. The van der Waals surface area contributed by atoms with Crippen LogP contribution in [0.25, 0.3) is 0 Å². The molecule has 0 saturated heterocycles. The fourth-order valence-corrected chi connectivity index (χ4v) is 1.01. The second-order valence-electron chi connectivity index (χ2n) is 1.90. The number of halogens is 1. The number of dihydropyridines is 1. The van der Waals surface area contributed by atoms with E-state index in [2.05, 4.69) is 41.5 Å². The van der Waals surface area contributed by atoms with Crippen molar-refractivity contribution in [2.24, 2.45) is 4.99 Å². The van der Waals surface area contributed by atoms with Crippen molar-refractivity contribution in [2.75, 3.05) is 0 Å². The number of alkyl halides is 1. The first kappa shape index (κ1) is 6.33. The molecule has 1 aliphatic rings. The second kappa shape index (κ2) is 2.66. The highest BCUT2D eigenvalue weighted by molar-refractivity contribution is 14.1. The molecule has 0 N–H and O–H groups in total. The Morgan fingerprint density at radius 3 is 3.00 bits per heavy atom. The molecule has 0 spiro atoms. The lowest BCUT2D eigenvalue weighted by molar-refractivity contribution is 0.963. The molecule has 0 aromatic heterocycles. The molecule has 1 nitrogen and oxygen atoms in total. The molecule has 8 heavy (non-hydrogen) atoms. The Morgan fingerprint density at radius 1 is 1.88 bits per heavy atom. The molecule has 42 valence electrons. The van der Waals surface area contributed by atoms with Gasteiger partial charge in [-0.25, -0.2) is 0 Å². The maximum absolute atomic E-state index is 4.20. The van der Waals surface area contributed by atoms with Crippen molar-refractivity contribution in [1.82, 2.24) is 0 Å². The summed E-state index contributed by atoms with van der Waals surface area (Å²) in [5.74, 6) is 0. The predicted octanol–water partition coefficient (Wildman–Crippen LogP) is 0.739. The van der Waals surface area contributed by atoms with Gasteiger partial charge in [0.15, 0.2) is 0 Å². The van der Waals surface area contributed by atoms with E-state index in [1.807, 2.05) is 6.21 Å². The van der Waals surface area contributed by atoms with Crippen molar-refractivity contribution in [1.29, 1.82) is 0 Å². The van der Waals surface area contributed by atoms with Crippen LogP contribution in [0.5, 0.6) is 0 Å². The van der Waals surface area contributed by atoms with Gasteiger partial charge in [-0.2, -0.15) is 0 Å². The average molecular weight is 219 g/mol. The summed E-state index contributed by atoms with van der Waals surface area (Å²) in [7, 11) is 2.08.